The van der Waals surface area contributed by atoms with Gasteiger partial charge in [0.2, 0.25) is 0 Å². The lowest BCUT2D eigenvalue weighted by Gasteiger charge is -2.31. The highest BCUT2D eigenvalue weighted by atomic mass is 16.2. The van der Waals surface area contributed by atoms with Crippen molar-refractivity contribution < 1.29 is 4.79 Å². The normalized spacial score (nSPS) is 14.9. The van der Waals surface area contributed by atoms with Gasteiger partial charge in [-0.25, -0.2) is 4.79 Å². The molecule has 98 valence electrons. The molecule has 2 amide bonds. The van der Waals surface area contributed by atoms with Crippen LogP contribution >= 0.6 is 0 Å². The van der Waals surface area contributed by atoms with E-state index >= 15 is 0 Å². The zero-order valence-electron chi connectivity index (χ0n) is 11.1. The molecule has 1 aliphatic rings. The molecule has 1 aromatic carbocycles. The molecule has 0 saturated heterocycles. The Morgan fingerprint density at radius 1 is 1.33 bits per heavy atom. The summed E-state index contributed by atoms with van der Waals surface area (Å²) >= 11 is 0. The van der Waals surface area contributed by atoms with Crippen molar-refractivity contribution in [2.24, 2.45) is 5.92 Å². The third-order valence-electron chi connectivity index (χ3n) is 3.66. The Morgan fingerprint density at radius 3 is 2.61 bits per heavy atom. The number of hydrogen-bond acceptors (Lipinski definition) is 1. The van der Waals surface area contributed by atoms with E-state index in [9.17, 15) is 4.79 Å². The molecule has 2 rings (SSSR count). The summed E-state index contributed by atoms with van der Waals surface area (Å²) in [7, 11) is 0. The molecular weight excluding hydrogens is 224 g/mol. The van der Waals surface area contributed by atoms with E-state index in [2.05, 4.69) is 5.32 Å². The summed E-state index contributed by atoms with van der Waals surface area (Å²) in [6, 6.07) is 10.1. The number of amides is 2. The Balaban J connectivity index is 1.78. The van der Waals surface area contributed by atoms with Gasteiger partial charge in [0.1, 0.15) is 0 Å². The highest BCUT2D eigenvalue weighted by Gasteiger charge is 2.22. The first-order chi connectivity index (χ1) is 8.79. The van der Waals surface area contributed by atoms with Crippen LogP contribution in [-0.4, -0.2) is 24.0 Å². The zero-order valence-corrected chi connectivity index (χ0v) is 11.1. The Bertz CT molecular complexity index is 373. The van der Waals surface area contributed by atoms with Gasteiger partial charge < -0.3 is 10.2 Å². The summed E-state index contributed by atoms with van der Waals surface area (Å²) in [5.41, 5.74) is 1.14. The molecule has 0 atom stereocenters. The van der Waals surface area contributed by atoms with Gasteiger partial charge >= 0.3 is 6.03 Å². The number of rotatable bonds is 5. The highest BCUT2D eigenvalue weighted by Crippen LogP contribution is 2.26. The van der Waals surface area contributed by atoms with E-state index in [1.807, 2.05) is 42.2 Å². The molecule has 3 nitrogen and oxygen atoms in total. The summed E-state index contributed by atoms with van der Waals surface area (Å²) in [5, 5.41) is 2.99. The van der Waals surface area contributed by atoms with Crippen LogP contribution in [0, 0.1) is 5.92 Å². The summed E-state index contributed by atoms with van der Waals surface area (Å²) in [6.07, 6.45) is 3.89. The molecule has 18 heavy (non-hydrogen) atoms. The number of hydrogen-bond donors (Lipinski definition) is 1. The maximum atomic E-state index is 12.0. The molecule has 0 spiro atoms. The second-order valence-electron chi connectivity index (χ2n) is 4.98. The average Bonchev–Trinajstić information content (AvgIpc) is 2.36. The lowest BCUT2D eigenvalue weighted by atomic mass is 9.85. The number of carbonyl (C=O) groups is 1. The first-order valence-corrected chi connectivity index (χ1v) is 6.86. The van der Waals surface area contributed by atoms with Crippen LogP contribution in [-0.2, 0) is 6.54 Å². The quantitative estimate of drug-likeness (QED) is 0.851. The Labute approximate surface area is 109 Å². The highest BCUT2D eigenvalue weighted by molar-refractivity contribution is 5.74. The minimum absolute atomic E-state index is 0.0632. The van der Waals surface area contributed by atoms with Gasteiger partial charge in [0, 0.05) is 19.6 Å². The van der Waals surface area contributed by atoms with E-state index in [1.54, 1.807) is 0 Å². The molecule has 0 bridgehead atoms. The smallest absolute Gasteiger partial charge is 0.317 e. The fourth-order valence-corrected chi connectivity index (χ4v) is 2.23. The minimum Gasteiger partial charge on any atom is -0.334 e. The third-order valence-corrected chi connectivity index (χ3v) is 3.66. The lowest BCUT2D eigenvalue weighted by molar-refractivity contribution is 0.171. The number of nitrogens with one attached hydrogen (secondary N) is 1. The van der Waals surface area contributed by atoms with Crippen LogP contribution in [0.1, 0.15) is 31.7 Å². The van der Waals surface area contributed by atoms with Crippen LogP contribution in [0.25, 0.3) is 0 Å². The van der Waals surface area contributed by atoms with Crippen LogP contribution in [0.2, 0.25) is 0 Å². The molecule has 0 radical (unpaired) electrons. The molecule has 1 aromatic rings. The van der Waals surface area contributed by atoms with Crippen LogP contribution in [0.15, 0.2) is 30.3 Å². The second kappa shape index (κ2) is 6.43. The number of urea groups is 1. The predicted octanol–water partition coefficient (Wildman–Crippen LogP) is 3.02. The maximum absolute atomic E-state index is 12.0. The topological polar surface area (TPSA) is 32.3 Å². The van der Waals surface area contributed by atoms with Gasteiger partial charge in [-0.1, -0.05) is 36.8 Å². The van der Waals surface area contributed by atoms with Gasteiger partial charge in [-0.15, -0.1) is 0 Å². The summed E-state index contributed by atoms with van der Waals surface area (Å²) in [4.78, 5) is 14.0. The third kappa shape index (κ3) is 3.49. The Hall–Kier alpha value is -1.51. The SMILES string of the molecule is CCN(CC1CCC1)C(=O)NCc1ccccc1. The van der Waals surface area contributed by atoms with Crippen molar-refractivity contribution in [2.45, 2.75) is 32.7 Å². The Kier molecular flexibility index (Phi) is 4.62. The predicted molar refractivity (Wildman–Crippen MR) is 73.3 cm³/mol. The first-order valence-electron chi connectivity index (χ1n) is 6.86. The summed E-state index contributed by atoms with van der Waals surface area (Å²) in [6.45, 7) is 4.36. The van der Waals surface area contributed by atoms with E-state index in [4.69, 9.17) is 0 Å². The van der Waals surface area contributed by atoms with Crippen LogP contribution in [0.4, 0.5) is 4.79 Å². The van der Waals surface area contributed by atoms with Crippen molar-refractivity contribution in [3.63, 3.8) is 0 Å². The standard InChI is InChI=1S/C15H22N2O/c1-2-17(12-14-9-6-10-14)15(18)16-11-13-7-4-3-5-8-13/h3-5,7-8,14H,2,6,9-12H2,1H3,(H,16,18). The van der Waals surface area contributed by atoms with Gasteiger partial charge in [0.05, 0.1) is 0 Å². The van der Waals surface area contributed by atoms with Crippen molar-refractivity contribution in [1.29, 1.82) is 0 Å². The molecule has 1 aliphatic carbocycles. The van der Waals surface area contributed by atoms with E-state index in [-0.39, 0.29) is 6.03 Å². The summed E-state index contributed by atoms with van der Waals surface area (Å²) < 4.78 is 0. The summed E-state index contributed by atoms with van der Waals surface area (Å²) in [5.74, 6) is 0.729. The second-order valence-corrected chi connectivity index (χ2v) is 4.98. The van der Waals surface area contributed by atoms with Gasteiger partial charge in [-0.05, 0) is 31.2 Å². The largest absolute Gasteiger partial charge is 0.334 e. The molecule has 0 aliphatic heterocycles. The molecule has 0 heterocycles. The van der Waals surface area contributed by atoms with Gasteiger partial charge in [0.25, 0.3) is 0 Å². The number of benzene rings is 1. The molecule has 3 heteroatoms. The molecule has 1 fully saturated rings. The van der Waals surface area contributed by atoms with Crippen molar-refractivity contribution in [3.05, 3.63) is 35.9 Å². The molecular formula is C15H22N2O. The Morgan fingerprint density at radius 2 is 2.06 bits per heavy atom. The van der Waals surface area contributed by atoms with Crippen molar-refractivity contribution >= 4 is 6.03 Å². The molecule has 1 saturated carbocycles. The van der Waals surface area contributed by atoms with Crippen molar-refractivity contribution in [3.8, 4) is 0 Å². The molecule has 1 N–H and O–H groups in total. The average molecular weight is 246 g/mol. The van der Waals surface area contributed by atoms with E-state index < -0.39 is 0 Å². The number of carbonyl (C=O) groups excluding carboxylic acids is 1. The lowest BCUT2D eigenvalue weighted by Crippen LogP contribution is -2.43. The van der Waals surface area contributed by atoms with E-state index in [0.29, 0.717) is 6.54 Å². The molecule has 0 unspecified atom stereocenters. The van der Waals surface area contributed by atoms with Crippen molar-refractivity contribution in [1.82, 2.24) is 10.2 Å². The van der Waals surface area contributed by atoms with Gasteiger partial charge in [-0.3, -0.25) is 0 Å². The fourth-order valence-electron chi connectivity index (χ4n) is 2.23. The minimum atomic E-state index is 0.0632. The van der Waals surface area contributed by atoms with Crippen LogP contribution in [0.3, 0.4) is 0 Å². The van der Waals surface area contributed by atoms with Crippen molar-refractivity contribution in [2.75, 3.05) is 13.1 Å². The van der Waals surface area contributed by atoms with Crippen LogP contribution in [0.5, 0.6) is 0 Å². The van der Waals surface area contributed by atoms with E-state index in [1.165, 1.54) is 19.3 Å². The van der Waals surface area contributed by atoms with Crippen LogP contribution < -0.4 is 5.32 Å². The fraction of sp³-hybridized carbons (Fsp3) is 0.533. The van der Waals surface area contributed by atoms with Gasteiger partial charge in [0.15, 0.2) is 0 Å². The maximum Gasteiger partial charge on any atom is 0.317 e. The number of nitrogens with zero attached hydrogens (tertiary/aromatic N) is 1. The monoisotopic (exact) mass is 246 g/mol. The first kappa shape index (κ1) is 12.9. The zero-order chi connectivity index (χ0) is 12.8. The van der Waals surface area contributed by atoms with Gasteiger partial charge in [-0.2, -0.15) is 0 Å². The van der Waals surface area contributed by atoms with E-state index in [0.717, 1.165) is 24.6 Å². The molecule has 0 aromatic heterocycles.